The van der Waals surface area contributed by atoms with Gasteiger partial charge in [0.25, 0.3) is 0 Å². The Hall–Kier alpha value is -2.02. The molecule has 0 aliphatic rings. The van der Waals surface area contributed by atoms with E-state index in [-0.39, 0.29) is 5.01 Å². The highest BCUT2D eigenvalue weighted by Gasteiger charge is 2.21. The largest absolute Gasteiger partial charge is 0.594 e. The molecule has 0 aliphatic heterocycles. The molecule has 0 atom stereocenters. The van der Waals surface area contributed by atoms with E-state index in [1.54, 1.807) is 40.0 Å². The van der Waals surface area contributed by atoms with Gasteiger partial charge in [-0.05, 0) is 20.8 Å². The fourth-order valence-corrected chi connectivity index (χ4v) is 2.26. The van der Waals surface area contributed by atoms with Crippen LogP contribution in [0, 0.1) is 12.1 Å². The quantitative estimate of drug-likeness (QED) is 0.481. The number of aromatic nitrogens is 3. The molecule has 0 saturated heterocycles. The van der Waals surface area contributed by atoms with Crippen LogP contribution in [0.5, 0.6) is 0 Å². The molecule has 0 saturated carbocycles. The van der Waals surface area contributed by atoms with Crippen molar-refractivity contribution in [3.05, 3.63) is 34.4 Å². The van der Waals surface area contributed by atoms with Gasteiger partial charge in [-0.1, -0.05) is 4.85 Å². The number of carbonyl (C=O) groups excluding carboxylic acids is 1. The van der Waals surface area contributed by atoms with E-state index in [2.05, 4.69) is 10.1 Å². The molecule has 0 fully saturated rings. The van der Waals surface area contributed by atoms with Gasteiger partial charge in [0.2, 0.25) is 10.7 Å². The molecule has 0 aromatic carbocycles. The number of hydrogen-bond donors (Lipinski definition) is 0. The fourth-order valence-electron chi connectivity index (χ4n) is 1.48. The highest BCUT2D eigenvalue weighted by atomic mass is 32.1. The van der Waals surface area contributed by atoms with Crippen molar-refractivity contribution < 1.29 is 14.4 Å². The molecular formula is C13H15N3O3S. The van der Waals surface area contributed by atoms with E-state index in [0.29, 0.717) is 10.5 Å². The van der Waals surface area contributed by atoms with Crippen LogP contribution in [0.1, 0.15) is 36.3 Å². The van der Waals surface area contributed by atoms with Crippen LogP contribution in [0.25, 0.3) is 10.4 Å². The van der Waals surface area contributed by atoms with E-state index in [1.807, 2.05) is 0 Å². The second-order valence-electron chi connectivity index (χ2n) is 5.29. The van der Waals surface area contributed by atoms with Crippen molar-refractivity contribution in [3.8, 4) is 10.4 Å². The summed E-state index contributed by atoms with van der Waals surface area (Å²) in [5.41, 5.74) is 0.679. The minimum atomic E-state index is -0.554. The maximum absolute atomic E-state index is 11.9. The highest BCUT2D eigenvalue weighted by Crippen LogP contribution is 2.26. The van der Waals surface area contributed by atoms with Crippen LogP contribution in [0.15, 0.2) is 18.5 Å². The van der Waals surface area contributed by atoms with Gasteiger partial charge in [0.15, 0.2) is 0 Å². The predicted octanol–water partition coefficient (Wildman–Crippen LogP) is 2.10. The summed E-state index contributed by atoms with van der Waals surface area (Å²) in [4.78, 5) is 17.2. The molecule has 2 aromatic rings. The molecule has 2 rings (SSSR count). The molecule has 2 heterocycles. The first kappa shape index (κ1) is 14.4. The summed E-state index contributed by atoms with van der Waals surface area (Å²) in [5.74, 6) is -0.451. The highest BCUT2D eigenvalue weighted by molar-refractivity contribution is 7.16. The van der Waals surface area contributed by atoms with Crippen LogP contribution >= 0.6 is 11.3 Å². The van der Waals surface area contributed by atoms with E-state index < -0.39 is 11.6 Å². The molecule has 6 nitrogen and oxygen atoms in total. The first-order valence-electron chi connectivity index (χ1n) is 6.02. The molecule has 7 heteroatoms. The second kappa shape index (κ2) is 5.16. The van der Waals surface area contributed by atoms with Crippen LogP contribution in [0.4, 0.5) is 0 Å². The first-order chi connectivity index (χ1) is 9.26. The lowest BCUT2D eigenvalue weighted by Gasteiger charge is -2.18. The Labute approximate surface area is 120 Å². The van der Waals surface area contributed by atoms with Gasteiger partial charge in [-0.25, -0.2) is 9.78 Å². The van der Waals surface area contributed by atoms with Crippen molar-refractivity contribution >= 4 is 17.3 Å². The van der Waals surface area contributed by atoms with E-state index >= 15 is 0 Å². The third kappa shape index (κ3) is 3.30. The maximum atomic E-state index is 11.9. The maximum Gasteiger partial charge on any atom is 0.367 e. The number of thiazole rings is 1. The average molecular weight is 293 g/mol. The zero-order valence-electron chi connectivity index (χ0n) is 11.7. The third-order valence-corrected chi connectivity index (χ3v) is 3.36. The average Bonchev–Trinajstić information content (AvgIpc) is 2.80. The van der Waals surface area contributed by atoms with E-state index in [4.69, 9.17) is 4.74 Å². The lowest BCUT2D eigenvalue weighted by atomic mass is 10.2. The van der Waals surface area contributed by atoms with Gasteiger partial charge in [0.1, 0.15) is 11.8 Å². The topological polar surface area (TPSA) is 79.0 Å². The number of ether oxygens (including phenoxy) is 1. The van der Waals surface area contributed by atoms with Gasteiger partial charge in [0, 0.05) is 29.8 Å². The second-order valence-corrected chi connectivity index (χ2v) is 6.32. The Morgan fingerprint density at radius 1 is 1.40 bits per heavy atom. The summed E-state index contributed by atoms with van der Waals surface area (Å²) in [7, 11) is 0. The van der Waals surface area contributed by atoms with Gasteiger partial charge >= 0.3 is 5.97 Å². The molecule has 0 unspecified atom stereocenters. The number of carbonyl (C=O) groups is 1. The van der Waals surface area contributed by atoms with Crippen molar-refractivity contribution in [2.45, 2.75) is 33.3 Å². The SMILES string of the molecule is Cc1cc(-c2cnc(C(=O)OC(C)(C)C)s2)cn[n+]1[O-]. The zero-order chi connectivity index (χ0) is 14.9. The van der Waals surface area contributed by atoms with E-state index in [0.717, 1.165) is 10.4 Å². The molecule has 0 N–H and O–H groups in total. The standard InChI is InChI=1S/C13H15N3O3S/c1-8-5-9(6-15-16(8)18)10-7-14-11(20-10)12(17)19-13(2,3)4/h5-7H,1-4H3. The molecule has 0 spiro atoms. The summed E-state index contributed by atoms with van der Waals surface area (Å²) < 4.78 is 5.26. The lowest BCUT2D eigenvalue weighted by molar-refractivity contribution is -0.675. The van der Waals surface area contributed by atoms with Crippen LogP contribution in [-0.4, -0.2) is 21.7 Å². The van der Waals surface area contributed by atoms with Crippen LogP contribution < -0.4 is 4.85 Å². The number of aryl methyl sites for hydroxylation is 1. The number of hydrogen-bond acceptors (Lipinski definition) is 6. The minimum Gasteiger partial charge on any atom is -0.594 e. The molecule has 2 aromatic heterocycles. The molecule has 20 heavy (non-hydrogen) atoms. The Morgan fingerprint density at radius 3 is 2.70 bits per heavy atom. The number of esters is 1. The Bertz CT molecular complexity index is 647. The predicted molar refractivity (Wildman–Crippen MR) is 74.2 cm³/mol. The van der Waals surface area contributed by atoms with Crippen LogP contribution in [0.2, 0.25) is 0 Å². The first-order valence-corrected chi connectivity index (χ1v) is 6.84. The van der Waals surface area contributed by atoms with Gasteiger partial charge in [-0.3, -0.25) is 0 Å². The summed E-state index contributed by atoms with van der Waals surface area (Å²) >= 11 is 1.21. The minimum absolute atomic E-state index is 0.284. The number of nitrogens with zero attached hydrogens (tertiary/aromatic N) is 3. The molecule has 0 aliphatic carbocycles. The smallest absolute Gasteiger partial charge is 0.367 e. The van der Waals surface area contributed by atoms with Crippen molar-refractivity contribution in [1.82, 2.24) is 10.1 Å². The van der Waals surface area contributed by atoms with Crippen molar-refractivity contribution in [2.75, 3.05) is 0 Å². The summed E-state index contributed by atoms with van der Waals surface area (Å²) in [6.07, 6.45) is 3.03. The lowest BCUT2D eigenvalue weighted by Crippen LogP contribution is -2.33. The molecule has 106 valence electrons. The number of rotatable bonds is 2. The summed E-state index contributed by atoms with van der Waals surface area (Å²) in [6, 6.07) is 1.70. The van der Waals surface area contributed by atoms with Gasteiger partial charge < -0.3 is 9.94 Å². The van der Waals surface area contributed by atoms with E-state index in [1.165, 1.54) is 17.5 Å². The van der Waals surface area contributed by atoms with Crippen molar-refractivity contribution in [2.24, 2.45) is 0 Å². The van der Waals surface area contributed by atoms with E-state index in [9.17, 15) is 10.0 Å². The Kier molecular flexibility index (Phi) is 3.71. The zero-order valence-corrected chi connectivity index (χ0v) is 12.5. The van der Waals surface area contributed by atoms with Crippen LogP contribution in [-0.2, 0) is 4.74 Å². The molecule has 0 bridgehead atoms. The molecule has 0 radical (unpaired) electrons. The fraction of sp³-hybridized carbons (Fsp3) is 0.385. The summed E-state index contributed by atoms with van der Waals surface area (Å²) in [6.45, 7) is 7.07. The van der Waals surface area contributed by atoms with Gasteiger partial charge in [-0.2, -0.15) is 0 Å². The molecular weight excluding hydrogens is 278 g/mol. The normalized spacial score (nSPS) is 11.4. The monoisotopic (exact) mass is 293 g/mol. The van der Waals surface area contributed by atoms with Gasteiger partial charge in [-0.15, -0.1) is 11.3 Å². The van der Waals surface area contributed by atoms with Gasteiger partial charge in [0.05, 0.1) is 4.88 Å². The third-order valence-electron chi connectivity index (χ3n) is 2.33. The Morgan fingerprint density at radius 2 is 2.10 bits per heavy atom. The Balaban J connectivity index is 2.24. The summed E-state index contributed by atoms with van der Waals surface area (Å²) in [5, 5.41) is 15.2. The molecule has 0 amide bonds. The van der Waals surface area contributed by atoms with Crippen LogP contribution in [0.3, 0.4) is 0 Å². The van der Waals surface area contributed by atoms with Crippen molar-refractivity contribution in [3.63, 3.8) is 0 Å². The van der Waals surface area contributed by atoms with Crippen molar-refractivity contribution in [1.29, 1.82) is 0 Å².